The third kappa shape index (κ3) is 5.23. The molecule has 0 bridgehead atoms. The van der Waals surface area contributed by atoms with Gasteiger partial charge in [-0.2, -0.15) is 5.26 Å². The fourth-order valence-corrected chi connectivity index (χ4v) is 5.50. The van der Waals surface area contributed by atoms with Crippen molar-refractivity contribution in [2.75, 3.05) is 18.6 Å². The highest BCUT2D eigenvalue weighted by atomic mass is 32.2. The first-order chi connectivity index (χ1) is 11.9. The van der Waals surface area contributed by atoms with Crippen molar-refractivity contribution in [1.82, 2.24) is 5.32 Å². The van der Waals surface area contributed by atoms with Crippen LogP contribution in [0.4, 0.5) is 0 Å². The van der Waals surface area contributed by atoms with E-state index in [1.54, 1.807) is 36.0 Å². The molecule has 2 rings (SSSR count). The van der Waals surface area contributed by atoms with Gasteiger partial charge in [0.05, 0.1) is 16.7 Å². The summed E-state index contributed by atoms with van der Waals surface area (Å²) in [6.45, 7) is 2.04. The van der Waals surface area contributed by atoms with Gasteiger partial charge < -0.3 is 5.32 Å². The Morgan fingerprint density at radius 2 is 2.00 bits per heavy atom. The molecule has 1 aliphatic rings. The highest BCUT2D eigenvalue weighted by molar-refractivity contribution is 7.98. The monoisotopic (exact) mass is 380 g/mol. The van der Waals surface area contributed by atoms with E-state index in [0.717, 1.165) is 11.3 Å². The molecule has 1 N–H and O–H groups in total. The van der Waals surface area contributed by atoms with Crippen LogP contribution >= 0.6 is 11.8 Å². The quantitative estimate of drug-likeness (QED) is 0.606. The lowest BCUT2D eigenvalue weighted by Crippen LogP contribution is -2.41. The summed E-state index contributed by atoms with van der Waals surface area (Å²) in [7, 11) is -3.44. The molecule has 1 amide bonds. The van der Waals surface area contributed by atoms with E-state index in [1.165, 1.54) is 0 Å². The molecule has 0 unspecified atom stereocenters. The summed E-state index contributed by atoms with van der Waals surface area (Å²) < 4.78 is 25.5. The molecule has 1 aromatic rings. The van der Waals surface area contributed by atoms with Crippen molar-refractivity contribution in [1.29, 1.82) is 5.26 Å². The zero-order chi connectivity index (χ0) is 18.4. The molecule has 25 heavy (non-hydrogen) atoms. The zero-order valence-electron chi connectivity index (χ0n) is 14.6. The minimum absolute atomic E-state index is 0.0248. The van der Waals surface area contributed by atoms with Crippen molar-refractivity contribution in [3.63, 3.8) is 0 Å². The fourth-order valence-electron chi connectivity index (χ4n) is 3.38. The van der Waals surface area contributed by atoms with E-state index < -0.39 is 9.84 Å². The van der Waals surface area contributed by atoms with E-state index in [2.05, 4.69) is 12.2 Å². The van der Waals surface area contributed by atoms with Crippen LogP contribution in [0.3, 0.4) is 0 Å². The van der Waals surface area contributed by atoms with E-state index in [0.29, 0.717) is 23.7 Å². The average Bonchev–Trinajstić information content (AvgIpc) is 2.61. The Balaban J connectivity index is 2.16. The third-order valence-electron chi connectivity index (χ3n) is 4.79. The Bertz CT molecular complexity index is 739. The van der Waals surface area contributed by atoms with E-state index in [1.807, 2.05) is 12.3 Å². The van der Waals surface area contributed by atoms with Gasteiger partial charge in [-0.1, -0.05) is 13.3 Å². The van der Waals surface area contributed by atoms with Gasteiger partial charge in [-0.3, -0.25) is 4.79 Å². The molecule has 0 saturated heterocycles. The zero-order valence-corrected chi connectivity index (χ0v) is 16.2. The smallest absolute Gasteiger partial charge is 0.224 e. The number of amides is 1. The predicted octanol–water partition coefficient (Wildman–Crippen LogP) is 2.87. The van der Waals surface area contributed by atoms with Crippen LogP contribution in [0.2, 0.25) is 0 Å². The highest BCUT2D eigenvalue weighted by Crippen LogP contribution is 2.36. The van der Waals surface area contributed by atoms with Crippen LogP contribution in [0.25, 0.3) is 0 Å². The average molecular weight is 381 g/mol. The van der Waals surface area contributed by atoms with Gasteiger partial charge in [0.2, 0.25) is 5.91 Å². The standard InChI is InChI=1S/C18H24N2O3S2/c1-13-3-4-14(17(11-13)18(21)20-10-9-19)12-25(22,23)16-7-5-15(24-2)6-8-16/h5-8,13-14,17H,3-4,10-12H2,1-2H3,(H,20,21)/t13-,14-,17+/m1/s1. The van der Waals surface area contributed by atoms with Crippen LogP contribution in [0.5, 0.6) is 0 Å². The Morgan fingerprint density at radius 1 is 1.32 bits per heavy atom. The number of benzene rings is 1. The maximum atomic E-state index is 12.8. The van der Waals surface area contributed by atoms with Crippen LogP contribution in [-0.4, -0.2) is 32.9 Å². The predicted molar refractivity (Wildman–Crippen MR) is 98.9 cm³/mol. The van der Waals surface area contributed by atoms with Gasteiger partial charge in [0, 0.05) is 10.8 Å². The first kappa shape index (κ1) is 19.8. The summed E-state index contributed by atoms with van der Waals surface area (Å²) in [5, 5.41) is 11.2. The number of rotatable bonds is 6. The number of sulfone groups is 1. The molecule has 1 aliphatic carbocycles. The first-order valence-electron chi connectivity index (χ1n) is 8.39. The molecular formula is C18H24N2O3S2. The molecule has 0 spiro atoms. The molecule has 0 aromatic heterocycles. The third-order valence-corrected chi connectivity index (χ3v) is 7.39. The van der Waals surface area contributed by atoms with Crippen LogP contribution in [-0.2, 0) is 14.6 Å². The molecule has 136 valence electrons. The highest BCUT2D eigenvalue weighted by Gasteiger charge is 2.36. The Labute approximate surface area is 154 Å². The van der Waals surface area contributed by atoms with Crippen molar-refractivity contribution in [2.24, 2.45) is 17.8 Å². The largest absolute Gasteiger partial charge is 0.343 e. The molecule has 5 nitrogen and oxygen atoms in total. The maximum Gasteiger partial charge on any atom is 0.224 e. The second-order valence-electron chi connectivity index (χ2n) is 6.62. The molecule has 1 aromatic carbocycles. The van der Waals surface area contributed by atoms with Gasteiger partial charge in [-0.15, -0.1) is 11.8 Å². The maximum absolute atomic E-state index is 12.8. The van der Waals surface area contributed by atoms with Crippen molar-refractivity contribution < 1.29 is 13.2 Å². The first-order valence-corrected chi connectivity index (χ1v) is 11.3. The minimum Gasteiger partial charge on any atom is -0.343 e. The van der Waals surface area contributed by atoms with Crippen LogP contribution in [0, 0.1) is 29.1 Å². The van der Waals surface area contributed by atoms with Crippen LogP contribution < -0.4 is 5.32 Å². The van der Waals surface area contributed by atoms with Crippen molar-refractivity contribution in [3.05, 3.63) is 24.3 Å². The van der Waals surface area contributed by atoms with E-state index in [-0.39, 0.29) is 30.0 Å². The topological polar surface area (TPSA) is 87.0 Å². The SMILES string of the molecule is CSc1ccc(S(=O)(=O)C[C@H]2CC[C@@H](C)C[C@@H]2C(=O)NCC#N)cc1. The summed E-state index contributed by atoms with van der Waals surface area (Å²) in [6.07, 6.45) is 4.25. The van der Waals surface area contributed by atoms with Gasteiger partial charge in [-0.25, -0.2) is 8.42 Å². The summed E-state index contributed by atoms with van der Waals surface area (Å²) >= 11 is 1.56. The molecule has 0 radical (unpaired) electrons. The van der Waals surface area contributed by atoms with E-state index >= 15 is 0 Å². The second kappa shape index (κ2) is 8.72. The fraction of sp³-hybridized carbons (Fsp3) is 0.556. The van der Waals surface area contributed by atoms with Gasteiger partial charge in [0.15, 0.2) is 9.84 Å². The number of nitrogens with one attached hydrogen (secondary N) is 1. The molecule has 1 fully saturated rings. The number of hydrogen-bond donors (Lipinski definition) is 1. The molecule has 0 aliphatic heterocycles. The molecular weight excluding hydrogens is 356 g/mol. The van der Waals surface area contributed by atoms with E-state index in [9.17, 15) is 13.2 Å². The Hall–Kier alpha value is -1.52. The van der Waals surface area contributed by atoms with Crippen molar-refractivity contribution in [3.8, 4) is 6.07 Å². The Kier molecular flexibility index (Phi) is 6.91. The molecule has 3 atom stereocenters. The number of carbonyl (C=O) groups is 1. The number of hydrogen-bond acceptors (Lipinski definition) is 5. The molecule has 0 heterocycles. The second-order valence-corrected chi connectivity index (χ2v) is 9.53. The minimum atomic E-state index is -3.44. The summed E-state index contributed by atoms with van der Waals surface area (Å²) in [4.78, 5) is 13.7. The summed E-state index contributed by atoms with van der Waals surface area (Å²) in [6, 6.07) is 8.78. The van der Waals surface area contributed by atoms with E-state index in [4.69, 9.17) is 5.26 Å². The van der Waals surface area contributed by atoms with Crippen LogP contribution in [0.1, 0.15) is 26.2 Å². The summed E-state index contributed by atoms with van der Waals surface area (Å²) in [5.41, 5.74) is 0. The van der Waals surface area contributed by atoms with Crippen molar-refractivity contribution >= 4 is 27.5 Å². The lowest BCUT2D eigenvalue weighted by atomic mass is 9.75. The molecule has 7 heteroatoms. The van der Waals surface area contributed by atoms with Crippen molar-refractivity contribution in [2.45, 2.75) is 36.0 Å². The van der Waals surface area contributed by atoms with Gasteiger partial charge in [-0.05, 0) is 55.2 Å². The normalized spacial score (nSPS) is 23.6. The van der Waals surface area contributed by atoms with Gasteiger partial charge >= 0.3 is 0 Å². The van der Waals surface area contributed by atoms with Crippen LogP contribution in [0.15, 0.2) is 34.1 Å². The number of nitrogens with zero attached hydrogens (tertiary/aromatic N) is 1. The summed E-state index contributed by atoms with van der Waals surface area (Å²) in [5.74, 6) is -0.399. The lowest BCUT2D eigenvalue weighted by Gasteiger charge is -2.33. The number of thioether (sulfide) groups is 1. The Morgan fingerprint density at radius 3 is 2.60 bits per heavy atom. The van der Waals surface area contributed by atoms with Gasteiger partial charge in [0.1, 0.15) is 6.54 Å². The lowest BCUT2D eigenvalue weighted by molar-refractivity contribution is -0.127. The number of nitriles is 1. The molecule has 1 saturated carbocycles. The van der Waals surface area contributed by atoms with Gasteiger partial charge in [0.25, 0.3) is 0 Å². The number of carbonyl (C=O) groups excluding carboxylic acids is 1.